The van der Waals surface area contributed by atoms with Gasteiger partial charge in [-0.05, 0) is 23.3 Å². The number of methoxy groups -OCH3 is 1. The summed E-state index contributed by atoms with van der Waals surface area (Å²) in [5.41, 5.74) is 8.89. The summed E-state index contributed by atoms with van der Waals surface area (Å²) in [7, 11) is 1.36. The van der Waals surface area contributed by atoms with Crippen molar-refractivity contribution in [2.75, 3.05) is 12.8 Å². The van der Waals surface area contributed by atoms with E-state index in [1.165, 1.54) is 7.11 Å². The molecule has 0 radical (unpaired) electrons. The van der Waals surface area contributed by atoms with Gasteiger partial charge in [-0.15, -0.1) is 12.6 Å². The Morgan fingerprint density at radius 1 is 1.21 bits per heavy atom. The summed E-state index contributed by atoms with van der Waals surface area (Å²) >= 11 is 4.30. The molecule has 0 bridgehead atoms. The van der Waals surface area contributed by atoms with E-state index in [0.717, 1.165) is 11.1 Å². The van der Waals surface area contributed by atoms with Crippen LogP contribution in [0.2, 0.25) is 0 Å². The Hall–Kier alpha value is -1.94. The highest BCUT2D eigenvalue weighted by Crippen LogP contribution is 2.27. The summed E-state index contributed by atoms with van der Waals surface area (Å²) in [5, 5.41) is 0. The van der Waals surface area contributed by atoms with Crippen LogP contribution >= 0.6 is 12.6 Å². The fourth-order valence-corrected chi connectivity index (χ4v) is 2.15. The van der Waals surface area contributed by atoms with Gasteiger partial charge in [-0.25, -0.2) is 4.79 Å². The molecule has 0 aliphatic carbocycles. The molecule has 98 valence electrons. The lowest BCUT2D eigenvalue weighted by Gasteiger charge is -2.13. The fourth-order valence-electron chi connectivity index (χ4n) is 1.94. The fraction of sp³-hybridized carbons (Fsp3) is 0.133. The molecule has 0 fully saturated rings. The number of rotatable bonds is 3. The van der Waals surface area contributed by atoms with Gasteiger partial charge in [0.2, 0.25) is 0 Å². The van der Waals surface area contributed by atoms with Crippen molar-refractivity contribution in [2.45, 2.75) is 11.3 Å². The summed E-state index contributed by atoms with van der Waals surface area (Å²) in [4.78, 5) is 12.5. The average Bonchev–Trinajstić information content (AvgIpc) is 2.44. The number of nitrogen functional groups attached to an aromatic ring is 1. The van der Waals surface area contributed by atoms with Crippen LogP contribution in [0.15, 0.2) is 47.4 Å². The third kappa shape index (κ3) is 2.90. The first-order valence-electron chi connectivity index (χ1n) is 5.86. The van der Waals surface area contributed by atoms with Crippen molar-refractivity contribution in [3.05, 3.63) is 59.2 Å². The van der Waals surface area contributed by atoms with Gasteiger partial charge in [-0.2, -0.15) is 0 Å². The van der Waals surface area contributed by atoms with Gasteiger partial charge in [0.25, 0.3) is 0 Å². The van der Waals surface area contributed by atoms with Crippen LogP contribution in [0.5, 0.6) is 0 Å². The van der Waals surface area contributed by atoms with Crippen molar-refractivity contribution in [2.24, 2.45) is 0 Å². The minimum atomic E-state index is -0.383. The number of nitrogens with two attached hydrogens (primary N) is 1. The Morgan fingerprint density at radius 2 is 1.89 bits per heavy atom. The first kappa shape index (κ1) is 13.5. The Bertz CT molecular complexity index is 597. The normalized spacial score (nSPS) is 10.2. The maximum absolute atomic E-state index is 11.8. The molecule has 0 saturated carbocycles. The second kappa shape index (κ2) is 5.80. The lowest BCUT2D eigenvalue weighted by Crippen LogP contribution is -2.09. The molecule has 19 heavy (non-hydrogen) atoms. The number of esters is 1. The SMILES string of the molecule is COC(=O)c1ccc(S)c(N)c1Cc1ccccc1. The quantitative estimate of drug-likeness (QED) is 0.513. The number of hydrogen-bond donors (Lipinski definition) is 2. The molecule has 0 heterocycles. The van der Waals surface area contributed by atoms with Crippen molar-refractivity contribution < 1.29 is 9.53 Å². The van der Waals surface area contributed by atoms with E-state index < -0.39 is 0 Å². The van der Waals surface area contributed by atoms with E-state index in [-0.39, 0.29) is 5.97 Å². The summed E-state index contributed by atoms with van der Waals surface area (Å²) in [6.07, 6.45) is 0.575. The number of ether oxygens (including phenoxy) is 1. The van der Waals surface area contributed by atoms with Gasteiger partial charge in [-0.1, -0.05) is 30.3 Å². The van der Waals surface area contributed by atoms with Gasteiger partial charge in [0.05, 0.1) is 12.7 Å². The van der Waals surface area contributed by atoms with Crippen molar-refractivity contribution in [3.8, 4) is 0 Å². The summed E-state index contributed by atoms with van der Waals surface area (Å²) in [6.45, 7) is 0. The number of carbonyl (C=O) groups is 1. The molecular weight excluding hydrogens is 258 g/mol. The number of anilines is 1. The molecule has 2 N–H and O–H groups in total. The van der Waals surface area contributed by atoms with Gasteiger partial charge >= 0.3 is 5.97 Å². The van der Waals surface area contributed by atoms with E-state index in [2.05, 4.69) is 12.6 Å². The summed E-state index contributed by atoms with van der Waals surface area (Å²) in [5.74, 6) is -0.383. The van der Waals surface area contributed by atoms with Crippen LogP contribution in [0.4, 0.5) is 5.69 Å². The maximum Gasteiger partial charge on any atom is 0.338 e. The van der Waals surface area contributed by atoms with E-state index in [1.54, 1.807) is 12.1 Å². The van der Waals surface area contributed by atoms with E-state index in [0.29, 0.717) is 22.6 Å². The second-order valence-electron chi connectivity index (χ2n) is 4.18. The molecule has 0 spiro atoms. The maximum atomic E-state index is 11.8. The molecule has 0 aromatic heterocycles. The van der Waals surface area contributed by atoms with Gasteiger partial charge in [0.1, 0.15) is 0 Å². The van der Waals surface area contributed by atoms with Gasteiger partial charge < -0.3 is 10.5 Å². The van der Waals surface area contributed by atoms with E-state index in [4.69, 9.17) is 10.5 Å². The molecule has 2 aromatic rings. The number of thiol groups is 1. The molecule has 4 heteroatoms. The molecular formula is C15H15NO2S. The largest absolute Gasteiger partial charge is 0.465 e. The van der Waals surface area contributed by atoms with Crippen LogP contribution in [0, 0.1) is 0 Å². The zero-order valence-electron chi connectivity index (χ0n) is 10.6. The molecule has 0 amide bonds. The van der Waals surface area contributed by atoms with Crippen molar-refractivity contribution in [1.82, 2.24) is 0 Å². The monoisotopic (exact) mass is 273 g/mol. The number of carbonyl (C=O) groups excluding carboxylic acids is 1. The standard InChI is InChI=1S/C15H15NO2S/c1-18-15(17)11-7-8-13(19)14(16)12(11)9-10-5-3-2-4-6-10/h2-8,19H,9,16H2,1H3. The second-order valence-corrected chi connectivity index (χ2v) is 4.66. The third-order valence-corrected chi connectivity index (χ3v) is 3.35. The van der Waals surface area contributed by atoms with Crippen molar-refractivity contribution >= 4 is 24.3 Å². The Balaban J connectivity index is 2.48. The number of benzene rings is 2. The predicted molar refractivity (Wildman–Crippen MR) is 78.7 cm³/mol. The molecule has 0 aliphatic rings. The minimum Gasteiger partial charge on any atom is -0.465 e. The first-order valence-corrected chi connectivity index (χ1v) is 6.30. The summed E-state index contributed by atoms with van der Waals surface area (Å²) in [6, 6.07) is 13.2. The van der Waals surface area contributed by atoms with Crippen LogP contribution in [-0.2, 0) is 11.2 Å². The molecule has 3 nitrogen and oxygen atoms in total. The van der Waals surface area contributed by atoms with Crippen LogP contribution < -0.4 is 5.73 Å². The molecule has 0 saturated heterocycles. The highest BCUT2D eigenvalue weighted by Gasteiger charge is 2.16. The van der Waals surface area contributed by atoms with Gasteiger partial charge in [0.15, 0.2) is 0 Å². The zero-order valence-corrected chi connectivity index (χ0v) is 11.5. The highest BCUT2D eigenvalue weighted by atomic mass is 32.1. The lowest BCUT2D eigenvalue weighted by molar-refractivity contribution is 0.0599. The van der Waals surface area contributed by atoms with Crippen molar-refractivity contribution in [1.29, 1.82) is 0 Å². The van der Waals surface area contributed by atoms with E-state index >= 15 is 0 Å². The van der Waals surface area contributed by atoms with Crippen LogP contribution in [0.25, 0.3) is 0 Å². The van der Waals surface area contributed by atoms with Crippen molar-refractivity contribution in [3.63, 3.8) is 0 Å². The first-order chi connectivity index (χ1) is 9.13. The summed E-state index contributed by atoms with van der Waals surface area (Å²) < 4.78 is 4.79. The Kier molecular flexibility index (Phi) is 4.12. The minimum absolute atomic E-state index is 0.383. The average molecular weight is 273 g/mol. The zero-order chi connectivity index (χ0) is 13.8. The molecule has 2 aromatic carbocycles. The van der Waals surface area contributed by atoms with Crippen LogP contribution in [0.1, 0.15) is 21.5 Å². The third-order valence-electron chi connectivity index (χ3n) is 2.96. The number of hydrogen-bond acceptors (Lipinski definition) is 4. The van der Waals surface area contributed by atoms with E-state index in [1.807, 2.05) is 30.3 Å². The van der Waals surface area contributed by atoms with E-state index in [9.17, 15) is 4.79 Å². The van der Waals surface area contributed by atoms with Gasteiger partial charge in [-0.3, -0.25) is 0 Å². The predicted octanol–water partition coefficient (Wildman–Crippen LogP) is 2.93. The lowest BCUT2D eigenvalue weighted by atomic mass is 9.98. The highest BCUT2D eigenvalue weighted by molar-refractivity contribution is 7.80. The Labute approximate surface area is 117 Å². The molecule has 0 unspecified atom stereocenters. The Morgan fingerprint density at radius 3 is 2.53 bits per heavy atom. The molecule has 0 atom stereocenters. The van der Waals surface area contributed by atoms with Gasteiger partial charge in [0, 0.05) is 17.0 Å². The van der Waals surface area contributed by atoms with Crippen LogP contribution in [0.3, 0.4) is 0 Å². The van der Waals surface area contributed by atoms with Crippen LogP contribution in [-0.4, -0.2) is 13.1 Å². The smallest absolute Gasteiger partial charge is 0.338 e. The molecule has 0 aliphatic heterocycles. The molecule has 2 rings (SSSR count). The topological polar surface area (TPSA) is 52.3 Å².